The number of hydrogen-bond acceptors (Lipinski definition) is 2. The molecule has 0 atom stereocenters. The number of aromatic nitrogens is 2. The van der Waals surface area contributed by atoms with E-state index in [0.717, 1.165) is 25.8 Å². The van der Waals surface area contributed by atoms with Gasteiger partial charge in [-0.25, -0.2) is 0 Å². The van der Waals surface area contributed by atoms with Gasteiger partial charge in [-0.15, -0.1) is 0 Å². The lowest BCUT2D eigenvalue weighted by Crippen LogP contribution is -2.09. The summed E-state index contributed by atoms with van der Waals surface area (Å²) in [6.45, 7) is 7.68. The van der Waals surface area contributed by atoms with Crippen molar-refractivity contribution in [3.05, 3.63) is 17.5 Å². The third kappa shape index (κ3) is 3.63. The molecule has 0 aliphatic heterocycles. The first-order valence-electron chi connectivity index (χ1n) is 6.41. The molecule has 0 aliphatic carbocycles. The van der Waals surface area contributed by atoms with Gasteiger partial charge < -0.3 is 5.32 Å². The molecule has 0 fully saturated rings. The Morgan fingerprint density at radius 1 is 1.38 bits per heavy atom. The van der Waals surface area contributed by atoms with Gasteiger partial charge in [0.1, 0.15) is 0 Å². The molecule has 3 heteroatoms. The van der Waals surface area contributed by atoms with Crippen LogP contribution in [0.1, 0.15) is 51.0 Å². The van der Waals surface area contributed by atoms with E-state index in [2.05, 4.69) is 41.9 Å². The topological polar surface area (TPSA) is 29.9 Å². The molecule has 0 unspecified atom stereocenters. The Kier molecular flexibility index (Phi) is 5.53. The molecule has 0 spiro atoms. The first-order valence-corrected chi connectivity index (χ1v) is 6.41. The Morgan fingerprint density at radius 3 is 2.69 bits per heavy atom. The SMILES string of the molecule is CCCc1cc(CCCNC)nn1C(C)C. The van der Waals surface area contributed by atoms with Crippen LogP contribution in [0.2, 0.25) is 0 Å². The van der Waals surface area contributed by atoms with E-state index in [1.54, 1.807) is 0 Å². The second-order valence-corrected chi connectivity index (χ2v) is 4.62. The first kappa shape index (κ1) is 13.2. The Morgan fingerprint density at radius 2 is 2.12 bits per heavy atom. The van der Waals surface area contributed by atoms with Gasteiger partial charge in [-0.1, -0.05) is 13.3 Å². The smallest absolute Gasteiger partial charge is 0.0628 e. The lowest BCUT2D eigenvalue weighted by Gasteiger charge is -2.09. The maximum Gasteiger partial charge on any atom is 0.0628 e. The van der Waals surface area contributed by atoms with Crippen LogP contribution in [0.4, 0.5) is 0 Å². The summed E-state index contributed by atoms with van der Waals surface area (Å²) in [7, 11) is 2.00. The molecule has 0 bridgehead atoms. The molecule has 0 radical (unpaired) electrons. The van der Waals surface area contributed by atoms with Crippen molar-refractivity contribution in [1.29, 1.82) is 0 Å². The molecule has 16 heavy (non-hydrogen) atoms. The average Bonchev–Trinajstić information content (AvgIpc) is 2.62. The molecule has 1 heterocycles. The standard InChI is InChI=1S/C13H25N3/c1-5-7-13-10-12(8-6-9-14-4)15-16(13)11(2)3/h10-11,14H,5-9H2,1-4H3. The van der Waals surface area contributed by atoms with Crippen molar-refractivity contribution >= 4 is 0 Å². The van der Waals surface area contributed by atoms with Gasteiger partial charge in [0, 0.05) is 11.7 Å². The molecule has 0 aliphatic rings. The fourth-order valence-electron chi connectivity index (χ4n) is 1.95. The molecule has 1 rings (SSSR count). The summed E-state index contributed by atoms with van der Waals surface area (Å²) in [5, 5.41) is 7.86. The highest BCUT2D eigenvalue weighted by Crippen LogP contribution is 2.14. The summed E-state index contributed by atoms with van der Waals surface area (Å²) < 4.78 is 2.18. The molecule has 1 N–H and O–H groups in total. The molecule has 1 aromatic rings. The molecule has 0 saturated heterocycles. The second kappa shape index (κ2) is 6.69. The van der Waals surface area contributed by atoms with Gasteiger partial charge in [0.05, 0.1) is 5.69 Å². The molecule has 92 valence electrons. The van der Waals surface area contributed by atoms with E-state index >= 15 is 0 Å². The lowest BCUT2D eigenvalue weighted by atomic mass is 10.2. The van der Waals surface area contributed by atoms with Crippen LogP contribution < -0.4 is 5.32 Å². The third-order valence-electron chi connectivity index (χ3n) is 2.72. The fourth-order valence-corrected chi connectivity index (χ4v) is 1.95. The number of nitrogens with one attached hydrogen (secondary N) is 1. The van der Waals surface area contributed by atoms with Gasteiger partial charge in [-0.3, -0.25) is 4.68 Å². The van der Waals surface area contributed by atoms with Crippen LogP contribution in [-0.2, 0) is 12.8 Å². The average molecular weight is 223 g/mol. The van der Waals surface area contributed by atoms with Gasteiger partial charge in [0.15, 0.2) is 0 Å². The molecular formula is C13H25N3. The fraction of sp³-hybridized carbons (Fsp3) is 0.769. The monoisotopic (exact) mass is 223 g/mol. The van der Waals surface area contributed by atoms with Crippen molar-refractivity contribution < 1.29 is 0 Å². The predicted molar refractivity (Wildman–Crippen MR) is 68.9 cm³/mol. The maximum atomic E-state index is 4.69. The van der Waals surface area contributed by atoms with E-state index in [9.17, 15) is 0 Å². The summed E-state index contributed by atoms with van der Waals surface area (Å²) in [6, 6.07) is 2.75. The molecule has 0 saturated carbocycles. The molecule has 3 nitrogen and oxygen atoms in total. The Bertz CT molecular complexity index is 302. The van der Waals surface area contributed by atoms with Crippen LogP contribution >= 0.6 is 0 Å². The summed E-state index contributed by atoms with van der Waals surface area (Å²) in [5.41, 5.74) is 2.63. The van der Waals surface area contributed by atoms with Crippen LogP contribution in [0, 0.1) is 0 Å². The Labute approximate surface area is 99.2 Å². The third-order valence-corrected chi connectivity index (χ3v) is 2.72. The molecule has 0 aromatic carbocycles. The van der Waals surface area contributed by atoms with Gasteiger partial charge in [-0.05, 0) is 52.8 Å². The minimum atomic E-state index is 0.472. The maximum absolute atomic E-state index is 4.69. The molecule has 0 amide bonds. The van der Waals surface area contributed by atoms with Gasteiger partial charge in [0.25, 0.3) is 0 Å². The van der Waals surface area contributed by atoms with Crippen molar-refractivity contribution in [2.24, 2.45) is 0 Å². The van der Waals surface area contributed by atoms with E-state index in [-0.39, 0.29) is 0 Å². The van der Waals surface area contributed by atoms with E-state index < -0.39 is 0 Å². The van der Waals surface area contributed by atoms with Gasteiger partial charge in [0.2, 0.25) is 0 Å². The molecule has 1 aromatic heterocycles. The summed E-state index contributed by atoms with van der Waals surface area (Å²) in [4.78, 5) is 0. The van der Waals surface area contributed by atoms with E-state index in [1.807, 2.05) is 7.05 Å². The molecular weight excluding hydrogens is 198 g/mol. The highest BCUT2D eigenvalue weighted by atomic mass is 15.3. The van der Waals surface area contributed by atoms with E-state index in [4.69, 9.17) is 0 Å². The van der Waals surface area contributed by atoms with E-state index in [1.165, 1.54) is 17.8 Å². The van der Waals surface area contributed by atoms with Crippen molar-refractivity contribution in [3.8, 4) is 0 Å². The lowest BCUT2D eigenvalue weighted by molar-refractivity contribution is 0.501. The van der Waals surface area contributed by atoms with Crippen molar-refractivity contribution in [1.82, 2.24) is 15.1 Å². The normalized spacial score (nSPS) is 11.3. The zero-order chi connectivity index (χ0) is 12.0. The predicted octanol–water partition coefficient (Wildman–Crippen LogP) is 2.57. The van der Waals surface area contributed by atoms with E-state index in [0.29, 0.717) is 6.04 Å². The number of nitrogens with zero attached hydrogens (tertiary/aromatic N) is 2. The van der Waals surface area contributed by atoms with Gasteiger partial charge in [-0.2, -0.15) is 5.10 Å². The van der Waals surface area contributed by atoms with Crippen LogP contribution in [-0.4, -0.2) is 23.4 Å². The van der Waals surface area contributed by atoms with Crippen molar-refractivity contribution in [2.45, 2.75) is 52.5 Å². The largest absolute Gasteiger partial charge is 0.320 e. The Balaban J connectivity index is 2.68. The van der Waals surface area contributed by atoms with Crippen LogP contribution in [0.15, 0.2) is 6.07 Å². The number of rotatable bonds is 7. The summed E-state index contributed by atoms with van der Waals surface area (Å²) >= 11 is 0. The number of aryl methyl sites for hydroxylation is 2. The zero-order valence-corrected chi connectivity index (χ0v) is 11.1. The number of hydrogen-bond donors (Lipinski definition) is 1. The van der Waals surface area contributed by atoms with Gasteiger partial charge >= 0.3 is 0 Å². The van der Waals surface area contributed by atoms with Crippen molar-refractivity contribution in [2.75, 3.05) is 13.6 Å². The summed E-state index contributed by atoms with van der Waals surface area (Å²) in [5.74, 6) is 0. The summed E-state index contributed by atoms with van der Waals surface area (Å²) in [6.07, 6.45) is 4.57. The van der Waals surface area contributed by atoms with Crippen LogP contribution in [0.5, 0.6) is 0 Å². The zero-order valence-electron chi connectivity index (χ0n) is 11.1. The second-order valence-electron chi connectivity index (χ2n) is 4.62. The van der Waals surface area contributed by atoms with Crippen molar-refractivity contribution in [3.63, 3.8) is 0 Å². The minimum absolute atomic E-state index is 0.472. The highest BCUT2D eigenvalue weighted by molar-refractivity contribution is 5.11. The Hall–Kier alpha value is -0.830. The minimum Gasteiger partial charge on any atom is -0.320 e. The van der Waals surface area contributed by atoms with Crippen LogP contribution in [0.25, 0.3) is 0 Å². The quantitative estimate of drug-likeness (QED) is 0.720. The highest BCUT2D eigenvalue weighted by Gasteiger charge is 2.09. The van der Waals surface area contributed by atoms with Crippen LogP contribution in [0.3, 0.4) is 0 Å². The first-order chi connectivity index (χ1) is 7.69.